The number of hydrogen-bond acceptors (Lipinski definition) is 5. The van der Waals surface area contributed by atoms with Gasteiger partial charge in [-0.1, -0.05) is 24.2 Å². The highest BCUT2D eigenvalue weighted by Gasteiger charge is 2.16. The lowest BCUT2D eigenvalue weighted by Crippen LogP contribution is -2.19. The van der Waals surface area contributed by atoms with E-state index in [0.717, 1.165) is 24.3 Å². The number of hydrogen-bond donors (Lipinski definition) is 1. The zero-order chi connectivity index (χ0) is 13.7. The van der Waals surface area contributed by atoms with Crippen molar-refractivity contribution < 1.29 is 9.26 Å². The number of halogens is 1. The van der Waals surface area contributed by atoms with Crippen molar-refractivity contribution >= 4 is 12.4 Å². The Hall–Kier alpha value is -1.59. The van der Waals surface area contributed by atoms with Gasteiger partial charge in [0, 0.05) is 0 Å². The Bertz CT molecular complexity index is 531. The lowest BCUT2D eigenvalue weighted by Gasteiger charge is -2.07. The lowest BCUT2D eigenvalue weighted by molar-refractivity contribution is 0.340. The van der Waals surface area contributed by atoms with Gasteiger partial charge in [-0.2, -0.15) is 4.98 Å². The van der Waals surface area contributed by atoms with E-state index in [-0.39, 0.29) is 18.4 Å². The highest BCUT2D eigenvalue weighted by molar-refractivity contribution is 5.85. The third kappa shape index (κ3) is 3.71. The fourth-order valence-corrected chi connectivity index (χ4v) is 1.80. The number of benzene rings is 1. The summed E-state index contributed by atoms with van der Waals surface area (Å²) in [5, 5.41) is 7.33. The third-order valence-corrected chi connectivity index (χ3v) is 2.86. The maximum absolute atomic E-state index is 5.30. The summed E-state index contributed by atoms with van der Waals surface area (Å²) in [7, 11) is 1.63. The summed E-state index contributed by atoms with van der Waals surface area (Å²) >= 11 is 0. The van der Waals surface area contributed by atoms with Crippen LogP contribution in [0.15, 0.2) is 28.8 Å². The van der Waals surface area contributed by atoms with E-state index in [4.69, 9.17) is 9.26 Å². The average molecular weight is 298 g/mol. The van der Waals surface area contributed by atoms with Gasteiger partial charge in [0.1, 0.15) is 5.75 Å². The van der Waals surface area contributed by atoms with Gasteiger partial charge < -0.3 is 14.6 Å². The molecule has 1 atom stereocenters. The Kier molecular flexibility index (Phi) is 6.48. The summed E-state index contributed by atoms with van der Waals surface area (Å²) in [5.41, 5.74) is 0.836. The van der Waals surface area contributed by atoms with Gasteiger partial charge in [-0.25, -0.2) is 0 Å². The van der Waals surface area contributed by atoms with Crippen LogP contribution in [-0.4, -0.2) is 23.8 Å². The third-order valence-electron chi connectivity index (χ3n) is 2.86. The molecule has 1 heterocycles. The van der Waals surface area contributed by atoms with E-state index in [1.165, 1.54) is 0 Å². The summed E-state index contributed by atoms with van der Waals surface area (Å²) in [5.74, 6) is 1.89. The normalized spacial score (nSPS) is 11.8. The second kappa shape index (κ2) is 7.87. The smallest absolute Gasteiger partial charge is 0.243 e. The zero-order valence-corrected chi connectivity index (χ0v) is 12.7. The maximum atomic E-state index is 5.30. The number of methoxy groups -OCH3 is 1. The molecule has 20 heavy (non-hydrogen) atoms. The van der Waals surface area contributed by atoms with Gasteiger partial charge in [-0.3, -0.25) is 0 Å². The van der Waals surface area contributed by atoms with Gasteiger partial charge in [-0.05, 0) is 32.0 Å². The number of nitrogens with one attached hydrogen (secondary N) is 1. The van der Waals surface area contributed by atoms with Crippen LogP contribution in [0.25, 0.3) is 11.4 Å². The molecule has 6 heteroatoms. The van der Waals surface area contributed by atoms with Crippen LogP contribution in [0.2, 0.25) is 0 Å². The van der Waals surface area contributed by atoms with Crippen molar-refractivity contribution in [3.63, 3.8) is 0 Å². The Balaban J connectivity index is 0.00000200. The minimum Gasteiger partial charge on any atom is -0.496 e. The highest BCUT2D eigenvalue weighted by Crippen LogP contribution is 2.27. The van der Waals surface area contributed by atoms with E-state index >= 15 is 0 Å². The van der Waals surface area contributed by atoms with E-state index in [1.54, 1.807) is 7.11 Å². The standard InChI is InChI=1S/C14H19N3O2.ClH/c1-4-9-15-10(2)14-16-13(17-19-14)11-7-5-6-8-12(11)18-3;/h5-8,10,15H,4,9H2,1-3H3;1H. The molecule has 0 aliphatic rings. The van der Waals surface area contributed by atoms with Crippen LogP contribution in [-0.2, 0) is 0 Å². The fraction of sp³-hybridized carbons (Fsp3) is 0.429. The van der Waals surface area contributed by atoms with E-state index < -0.39 is 0 Å². The molecule has 2 aromatic rings. The number of para-hydroxylation sites is 1. The Morgan fingerprint density at radius 2 is 2.10 bits per heavy atom. The molecular formula is C14H20ClN3O2. The molecule has 0 radical (unpaired) electrons. The van der Waals surface area contributed by atoms with Crippen LogP contribution in [0.4, 0.5) is 0 Å². The first kappa shape index (κ1) is 16.5. The monoisotopic (exact) mass is 297 g/mol. The van der Waals surface area contributed by atoms with Gasteiger partial charge in [0.2, 0.25) is 11.7 Å². The molecule has 5 nitrogen and oxygen atoms in total. The quantitative estimate of drug-likeness (QED) is 0.887. The van der Waals surface area contributed by atoms with Crippen LogP contribution in [0.3, 0.4) is 0 Å². The molecular weight excluding hydrogens is 278 g/mol. The number of aromatic nitrogens is 2. The van der Waals surface area contributed by atoms with Gasteiger partial charge in [-0.15, -0.1) is 12.4 Å². The minimum atomic E-state index is 0. The van der Waals surface area contributed by atoms with Crippen LogP contribution in [0, 0.1) is 0 Å². The summed E-state index contributed by atoms with van der Waals surface area (Å²) in [6, 6.07) is 7.68. The second-order valence-electron chi connectivity index (χ2n) is 4.33. The summed E-state index contributed by atoms with van der Waals surface area (Å²) in [6.07, 6.45) is 1.07. The molecule has 0 bridgehead atoms. The molecule has 2 rings (SSSR count). The summed E-state index contributed by atoms with van der Waals surface area (Å²) in [6.45, 7) is 5.05. The van der Waals surface area contributed by atoms with Crippen LogP contribution >= 0.6 is 12.4 Å². The van der Waals surface area contributed by atoms with E-state index in [0.29, 0.717) is 11.7 Å². The molecule has 1 aromatic carbocycles. The predicted octanol–water partition coefficient (Wildman–Crippen LogP) is 3.23. The molecule has 0 saturated carbocycles. The van der Waals surface area contributed by atoms with Crippen LogP contribution in [0.5, 0.6) is 5.75 Å². The first-order valence-corrected chi connectivity index (χ1v) is 6.46. The van der Waals surface area contributed by atoms with Crippen molar-refractivity contribution in [3.05, 3.63) is 30.2 Å². The molecule has 110 valence electrons. The van der Waals surface area contributed by atoms with Crippen molar-refractivity contribution in [2.75, 3.05) is 13.7 Å². The molecule has 1 aromatic heterocycles. The van der Waals surface area contributed by atoms with Gasteiger partial charge in [0.25, 0.3) is 0 Å². The molecule has 0 spiro atoms. The number of ether oxygens (including phenoxy) is 1. The SMILES string of the molecule is CCCNC(C)c1nc(-c2ccccc2OC)no1.Cl. The van der Waals surface area contributed by atoms with Gasteiger partial charge >= 0.3 is 0 Å². The lowest BCUT2D eigenvalue weighted by atomic mass is 10.2. The van der Waals surface area contributed by atoms with Crippen molar-refractivity contribution in [2.45, 2.75) is 26.3 Å². The summed E-state index contributed by atoms with van der Waals surface area (Å²) < 4.78 is 10.6. The molecule has 1 N–H and O–H groups in total. The highest BCUT2D eigenvalue weighted by atomic mass is 35.5. The second-order valence-corrected chi connectivity index (χ2v) is 4.33. The molecule has 0 aliphatic heterocycles. The molecule has 1 unspecified atom stereocenters. The van der Waals surface area contributed by atoms with Crippen molar-refractivity contribution in [1.29, 1.82) is 0 Å². The van der Waals surface area contributed by atoms with Gasteiger partial charge in [0.05, 0.1) is 18.7 Å². The maximum Gasteiger partial charge on any atom is 0.243 e. The topological polar surface area (TPSA) is 60.2 Å². The van der Waals surface area contributed by atoms with E-state index in [2.05, 4.69) is 22.4 Å². The van der Waals surface area contributed by atoms with Crippen LogP contribution < -0.4 is 10.1 Å². The Labute approximate surface area is 125 Å². The Morgan fingerprint density at radius 3 is 2.80 bits per heavy atom. The predicted molar refractivity (Wildman–Crippen MR) is 80.2 cm³/mol. The van der Waals surface area contributed by atoms with E-state index in [9.17, 15) is 0 Å². The first-order valence-electron chi connectivity index (χ1n) is 6.46. The molecule has 0 saturated heterocycles. The van der Waals surface area contributed by atoms with E-state index in [1.807, 2.05) is 31.2 Å². The Morgan fingerprint density at radius 1 is 1.35 bits per heavy atom. The molecule has 0 aliphatic carbocycles. The van der Waals surface area contributed by atoms with Gasteiger partial charge in [0.15, 0.2) is 0 Å². The van der Waals surface area contributed by atoms with Crippen LogP contribution in [0.1, 0.15) is 32.2 Å². The number of nitrogens with zero attached hydrogens (tertiary/aromatic N) is 2. The molecule has 0 amide bonds. The number of rotatable bonds is 6. The largest absolute Gasteiger partial charge is 0.496 e. The zero-order valence-electron chi connectivity index (χ0n) is 11.9. The van der Waals surface area contributed by atoms with Crippen molar-refractivity contribution in [2.24, 2.45) is 0 Å². The van der Waals surface area contributed by atoms with Crippen molar-refractivity contribution in [1.82, 2.24) is 15.5 Å². The molecule has 0 fully saturated rings. The summed E-state index contributed by atoms with van der Waals surface area (Å²) in [4.78, 5) is 4.42. The average Bonchev–Trinajstić information content (AvgIpc) is 2.94. The minimum absolute atomic E-state index is 0. The fourth-order valence-electron chi connectivity index (χ4n) is 1.80. The first-order chi connectivity index (χ1) is 9.26. The van der Waals surface area contributed by atoms with Crippen molar-refractivity contribution in [3.8, 4) is 17.1 Å².